The highest BCUT2D eigenvalue weighted by molar-refractivity contribution is 7.88. The third-order valence-corrected chi connectivity index (χ3v) is 10.2. The Labute approximate surface area is 292 Å². The summed E-state index contributed by atoms with van der Waals surface area (Å²) in [5, 5.41) is 21.9. The molecule has 0 unspecified atom stereocenters. The van der Waals surface area contributed by atoms with Crippen LogP contribution in [0, 0.1) is 27.7 Å². The number of phenols is 2. The number of ketones is 1. The van der Waals surface area contributed by atoms with E-state index >= 15 is 0 Å². The lowest BCUT2D eigenvalue weighted by molar-refractivity contribution is -0.112. The number of hydrogen-bond donors (Lipinski definition) is 3. The van der Waals surface area contributed by atoms with Gasteiger partial charge in [0.1, 0.15) is 11.5 Å². The van der Waals surface area contributed by atoms with Crippen LogP contribution < -0.4 is 9.62 Å². The van der Waals surface area contributed by atoms with Crippen molar-refractivity contribution in [2.75, 3.05) is 30.8 Å². The Morgan fingerprint density at radius 2 is 1.53 bits per heavy atom. The number of carbonyl (C=O) groups excluding carboxylic acids is 1. The lowest BCUT2D eigenvalue weighted by Gasteiger charge is -2.24. The summed E-state index contributed by atoms with van der Waals surface area (Å²) in [7, 11) is -3.27. The Balaban J connectivity index is 1.80. The second-order valence-electron chi connectivity index (χ2n) is 13.1. The normalized spacial score (nSPS) is 14.5. The van der Waals surface area contributed by atoms with Gasteiger partial charge < -0.3 is 15.1 Å². The van der Waals surface area contributed by atoms with Gasteiger partial charge in [0.05, 0.1) is 17.7 Å². The number of hydrogen-bond acceptors (Lipinski definition) is 7. The molecule has 49 heavy (non-hydrogen) atoms. The van der Waals surface area contributed by atoms with Gasteiger partial charge in [-0.15, -0.1) is 0 Å². The highest BCUT2D eigenvalue weighted by Gasteiger charge is 2.27. The number of aryl methyl sites for hydroxylation is 4. The van der Waals surface area contributed by atoms with Crippen molar-refractivity contribution in [1.82, 2.24) is 4.72 Å². The maximum atomic E-state index is 14.3. The van der Waals surface area contributed by atoms with E-state index in [0.717, 1.165) is 67.7 Å². The monoisotopic (exact) mass is 685 g/mol. The minimum absolute atomic E-state index is 0.0630. The van der Waals surface area contributed by atoms with Crippen molar-refractivity contribution < 1.29 is 23.4 Å². The zero-order valence-electron chi connectivity index (χ0n) is 30.4. The Hall–Kier alpha value is -4.21. The molecule has 0 aliphatic heterocycles. The molecule has 0 aromatic heterocycles. The molecule has 0 saturated carbocycles. The van der Waals surface area contributed by atoms with E-state index in [4.69, 9.17) is 4.99 Å². The van der Waals surface area contributed by atoms with Gasteiger partial charge in [-0.05, 0) is 123 Å². The second kappa shape index (κ2) is 15.6. The summed E-state index contributed by atoms with van der Waals surface area (Å²) >= 11 is 0. The molecule has 0 bridgehead atoms. The first-order valence-electron chi connectivity index (χ1n) is 17.0. The molecular weight excluding hydrogens is 635 g/mol. The van der Waals surface area contributed by atoms with Crippen molar-refractivity contribution in [1.29, 1.82) is 0 Å². The van der Waals surface area contributed by atoms with Gasteiger partial charge in [0.2, 0.25) is 10.0 Å². The van der Waals surface area contributed by atoms with Crippen molar-refractivity contribution in [2.45, 2.75) is 81.1 Å². The van der Waals surface area contributed by atoms with E-state index in [1.54, 1.807) is 0 Å². The largest absolute Gasteiger partial charge is 0.507 e. The Bertz CT molecular complexity index is 1970. The SMILES string of the molecule is CCc1cc(C)cc(CC2=C(C)C(=Nc3ccc(N(CC)CCNS(C)(=O)=O)cc3C)C=C(Cc3cc(C)c(O)c(CC)c3C)C2=O)c1O. The van der Waals surface area contributed by atoms with Crippen molar-refractivity contribution in [3.05, 3.63) is 104 Å². The molecule has 0 saturated heterocycles. The minimum atomic E-state index is -3.27. The van der Waals surface area contributed by atoms with E-state index in [1.807, 2.05) is 97.9 Å². The number of phenolic OH excluding ortho intramolecular Hbond substituents is 2. The first kappa shape index (κ1) is 37.6. The average molecular weight is 686 g/mol. The summed E-state index contributed by atoms with van der Waals surface area (Å²) in [5.74, 6) is 0.472. The fourth-order valence-corrected chi connectivity index (χ4v) is 7.10. The molecule has 0 atom stereocenters. The van der Waals surface area contributed by atoms with Gasteiger partial charge in [0.15, 0.2) is 5.78 Å². The zero-order valence-corrected chi connectivity index (χ0v) is 31.2. The highest BCUT2D eigenvalue weighted by Crippen LogP contribution is 2.35. The number of allylic oxidation sites excluding steroid dienone is 4. The number of nitrogens with one attached hydrogen (secondary N) is 1. The van der Waals surface area contributed by atoms with Gasteiger partial charge in [-0.2, -0.15) is 0 Å². The number of carbonyl (C=O) groups is 1. The van der Waals surface area contributed by atoms with Crippen LogP contribution in [0.4, 0.5) is 11.4 Å². The molecule has 4 rings (SSSR count). The van der Waals surface area contributed by atoms with Crippen molar-refractivity contribution >= 4 is 32.9 Å². The number of aromatic hydroxyl groups is 2. The van der Waals surface area contributed by atoms with Gasteiger partial charge in [-0.3, -0.25) is 4.79 Å². The fourth-order valence-electron chi connectivity index (χ4n) is 6.64. The van der Waals surface area contributed by atoms with E-state index in [9.17, 15) is 23.4 Å². The zero-order chi connectivity index (χ0) is 36.2. The molecule has 1 aliphatic rings. The number of Topliss-reactive ketones (excluding diaryl/α,β-unsaturated/α-hetero) is 1. The first-order chi connectivity index (χ1) is 23.1. The molecule has 9 heteroatoms. The van der Waals surface area contributed by atoms with Crippen LogP contribution in [-0.2, 0) is 40.5 Å². The quantitative estimate of drug-likeness (QED) is 0.164. The number of rotatable bonds is 13. The molecule has 0 fully saturated rings. The van der Waals surface area contributed by atoms with E-state index in [-0.39, 0.29) is 18.0 Å². The molecule has 0 heterocycles. The third-order valence-electron chi connectivity index (χ3n) is 9.51. The van der Waals surface area contributed by atoms with Crippen LogP contribution >= 0.6 is 0 Å². The maximum absolute atomic E-state index is 14.3. The molecule has 8 nitrogen and oxygen atoms in total. The van der Waals surface area contributed by atoms with Crippen LogP contribution in [-0.4, -0.2) is 56.0 Å². The van der Waals surface area contributed by atoms with Crippen LogP contribution in [0.1, 0.15) is 72.2 Å². The summed E-state index contributed by atoms with van der Waals surface area (Å²) in [6, 6.07) is 11.9. The molecule has 3 aromatic rings. The van der Waals surface area contributed by atoms with E-state index in [1.165, 1.54) is 0 Å². The standard InChI is InChI=1S/C40H51N3O5S/c1-10-29-17-24(4)18-31(39(29)45)22-35-28(8)37(23-32(40(35)46)21-30-19-26(6)38(44)34(11-2)27(30)7)42-36-14-13-33(20-25(36)5)43(12-3)16-15-41-49(9,47)48/h13-14,17-20,23,41,44-45H,10-12,15-16,21-22H2,1-9H3. The lowest BCUT2D eigenvalue weighted by atomic mass is 9.82. The van der Waals surface area contributed by atoms with Gasteiger partial charge >= 0.3 is 0 Å². The number of benzene rings is 3. The van der Waals surface area contributed by atoms with Crippen LogP contribution in [0.25, 0.3) is 0 Å². The van der Waals surface area contributed by atoms with Crippen LogP contribution in [0.3, 0.4) is 0 Å². The number of likely N-dealkylation sites (N-methyl/N-ethyl adjacent to an activating group) is 1. The predicted molar refractivity (Wildman–Crippen MR) is 201 cm³/mol. The summed E-state index contributed by atoms with van der Waals surface area (Å²) in [6.45, 7) is 17.4. The fraction of sp³-hybridized carbons (Fsp3) is 0.400. The molecule has 1 aliphatic carbocycles. The van der Waals surface area contributed by atoms with E-state index in [2.05, 4.69) is 9.62 Å². The predicted octanol–water partition coefficient (Wildman–Crippen LogP) is 7.22. The van der Waals surface area contributed by atoms with Gasteiger partial charge in [0.25, 0.3) is 0 Å². The van der Waals surface area contributed by atoms with Crippen molar-refractivity contribution in [2.24, 2.45) is 4.99 Å². The number of nitrogens with zero attached hydrogens (tertiary/aromatic N) is 2. The molecule has 3 N–H and O–H groups in total. The second-order valence-corrected chi connectivity index (χ2v) is 14.9. The molecule has 0 amide bonds. The highest BCUT2D eigenvalue weighted by atomic mass is 32.2. The van der Waals surface area contributed by atoms with Gasteiger partial charge in [-0.1, -0.05) is 37.6 Å². The molecule has 262 valence electrons. The van der Waals surface area contributed by atoms with Crippen molar-refractivity contribution in [3.63, 3.8) is 0 Å². The minimum Gasteiger partial charge on any atom is -0.507 e. The third kappa shape index (κ3) is 8.69. The lowest BCUT2D eigenvalue weighted by Crippen LogP contribution is -2.34. The molecule has 0 spiro atoms. The first-order valence-corrected chi connectivity index (χ1v) is 18.9. The van der Waals surface area contributed by atoms with Crippen LogP contribution in [0.2, 0.25) is 0 Å². The summed E-state index contributed by atoms with van der Waals surface area (Å²) < 4.78 is 25.7. The Morgan fingerprint density at radius 1 is 0.837 bits per heavy atom. The number of anilines is 1. The summed E-state index contributed by atoms with van der Waals surface area (Å²) in [4.78, 5) is 21.5. The van der Waals surface area contributed by atoms with Gasteiger partial charge in [-0.25, -0.2) is 18.1 Å². The summed E-state index contributed by atoms with van der Waals surface area (Å²) in [5.41, 5.74) is 11.6. The Morgan fingerprint density at radius 3 is 2.14 bits per heavy atom. The van der Waals surface area contributed by atoms with Crippen molar-refractivity contribution in [3.8, 4) is 11.5 Å². The van der Waals surface area contributed by atoms with E-state index in [0.29, 0.717) is 61.5 Å². The average Bonchev–Trinajstić information content (AvgIpc) is 3.04. The Kier molecular flexibility index (Phi) is 11.9. The molecule has 3 aromatic carbocycles. The number of aliphatic imine (C=N–C) groups is 1. The number of sulfonamides is 1. The van der Waals surface area contributed by atoms with Gasteiger partial charge in [0, 0.05) is 49.3 Å². The maximum Gasteiger partial charge on any atom is 0.208 e. The smallest absolute Gasteiger partial charge is 0.208 e. The summed E-state index contributed by atoms with van der Waals surface area (Å²) in [6.07, 6.45) is 5.08. The van der Waals surface area contributed by atoms with Crippen LogP contribution in [0.15, 0.2) is 64.2 Å². The molecular formula is C40H51N3O5S. The van der Waals surface area contributed by atoms with E-state index < -0.39 is 10.0 Å². The molecule has 0 radical (unpaired) electrons. The topological polar surface area (TPSA) is 119 Å². The van der Waals surface area contributed by atoms with Crippen LogP contribution in [0.5, 0.6) is 11.5 Å².